The lowest BCUT2D eigenvalue weighted by atomic mass is 10.1. The maximum Gasteiger partial charge on any atom is 0.414 e. The molecule has 0 aromatic heterocycles. The third-order valence-electron chi connectivity index (χ3n) is 3.91. The minimum absolute atomic E-state index is 0.0279. The van der Waals surface area contributed by atoms with E-state index in [1.165, 1.54) is 16.0 Å². The fourth-order valence-electron chi connectivity index (χ4n) is 2.65. The predicted octanol–water partition coefficient (Wildman–Crippen LogP) is 3.63. The van der Waals surface area contributed by atoms with E-state index in [0.717, 1.165) is 5.56 Å². The van der Waals surface area contributed by atoms with Crippen molar-refractivity contribution in [2.24, 2.45) is 0 Å². The van der Waals surface area contributed by atoms with Gasteiger partial charge in [0.15, 0.2) is 0 Å². The summed E-state index contributed by atoms with van der Waals surface area (Å²) in [6.07, 6.45) is 0.0986. The molecule has 0 saturated carbocycles. The van der Waals surface area contributed by atoms with Gasteiger partial charge in [-0.05, 0) is 47.1 Å². The minimum atomic E-state index is -0.676. The second-order valence-corrected chi connectivity index (χ2v) is 9.08. The summed E-state index contributed by atoms with van der Waals surface area (Å²) in [5.74, 6) is -0.479. The van der Waals surface area contributed by atoms with Crippen molar-refractivity contribution in [2.45, 2.75) is 59.3 Å². The highest BCUT2D eigenvalue weighted by atomic mass is 16.6. The number of hydrogen-bond acceptors (Lipinski definition) is 5. The molecule has 0 bridgehead atoms. The molecule has 0 atom stereocenters. The van der Waals surface area contributed by atoms with Crippen molar-refractivity contribution in [3.63, 3.8) is 0 Å². The molecular formula is C22H31N3O5. The van der Waals surface area contributed by atoms with Gasteiger partial charge in [0.05, 0.1) is 0 Å². The van der Waals surface area contributed by atoms with Gasteiger partial charge in [-0.2, -0.15) is 0 Å². The second-order valence-electron chi connectivity index (χ2n) is 9.08. The number of rotatable bonds is 3. The van der Waals surface area contributed by atoms with Crippen molar-refractivity contribution in [1.82, 2.24) is 15.1 Å². The highest BCUT2D eigenvalue weighted by molar-refractivity contribution is 5.97. The number of ether oxygens (including phenoxy) is 2. The quantitative estimate of drug-likeness (QED) is 0.811. The van der Waals surface area contributed by atoms with Gasteiger partial charge in [0.1, 0.15) is 17.9 Å². The first-order chi connectivity index (χ1) is 13.9. The Bertz CT molecular complexity index is 806. The molecule has 8 heteroatoms. The predicted molar refractivity (Wildman–Crippen MR) is 112 cm³/mol. The van der Waals surface area contributed by atoms with E-state index in [4.69, 9.17) is 9.47 Å². The number of hydrogen-bond donors (Lipinski definition) is 1. The molecule has 3 amide bonds. The van der Waals surface area contributed by atoms with Gasteiger partial charge in [-0.3, -0.25) is 14.6 Å². The Balaban J connectivity index is 2.20. The Hall–Kier alpha value is -3.03. The van der Waals surface area contributed by atoms with E-state index in [2.05, 4.69) is 5.32 Å². The average molecular weight is 418 g/mol. The third-order valence-corrected chi connectivity index (χ3v) is 3.91. The number of carbonyl (C=O) groups excluding carboxylic acids is 3. The van der Waals surface area contributed by atoms with E-state index in [-0.39, 0.29) is 25.4 Å². The van der Waals surface area contributed by atoms with Crippen molar-refractivity contribution < 1.29 is 23.9 Å². The minimum Gasteiger partial charge on any atom is -0.444 e. The van der Waals surface area contributed by atoms with E-state index in [1.54, 1.807) is 20.8 Å². The Morgan fingerprint density at radius 3 is 2.17 bits per heavy atom. The standard InChI is InChI=1S/C22H31N3O5/c1-21(2,3)23-18(26)17-14-24(19(27)30-22(4,5)6)12-13-25(17)20(28)29-15-16-10-8-7-9-11-16/h7-11,14H,12-13,15H2,1-6H3,(H,23,26). The van der Waals surface area contributed by atoms with Crippen LogP contribution in [0.15, 0.2) is 42.2 Å². The monoisotopic (exact) mass is 417 g/mol. The van der Waals surface area contributed by atoms with E-state index < -0.39 is 29.2 Å². The SMILES string of the molecule is CC(C)(C)NC(=O)C1=CN(C(=O)OC(C)(C)C)CCN1C(=O)OCc1ccccc1. The van der Waals surface area contributed by atoms with Crippen LogP contribution in [0, 0.1) is 0 Å². The first kappa shape index (κ1) is 23.3. The van der Waals surface area contributed by atoms with Gasteiger partial charge < -0.3 is 14.8 Å². The molecule has 8 nitrogen and oxygen atoms in total. The van der Waals surface area contributed by atoms with Crippen LogP contribution < -0.4 is 5.32 Å². The lowest BCUT2D eigenvalue weighted by molar-refractivity contribution is -0.120. The zero-order valence-electron chi connectivity index (χ0n) is 18.5. The zero-order chi connectivity index (χ0) is 22.5. The van der Waals surface area contributed by atoms with Gasteiger partial charge in [0, 0.05) is 24.8 Å². The van der Waals surface area contributed by atoms with Crippen molar-refractivity contribution in [2.75, 3.05) is 13.1 Å². The van der Waals surface area contributed by atoms with Crippen LogP contribution in [0.25, 0.3) is 0 Å². The Labute approximate surface area is 177 Å². The molecule has 0 saturated heterocycles. The topological polar surface area (TPSA) is 88.2 Å². The van der Waals surface area contributed by atoms with E-state index in [9.17, 15) is 14.4 Å². The van der Waals surface area contributed by atoms with Gasteiger partial charge in [-0.1, -0.05) is 30.3 Å². The van der Waals surface area contributed by atoms with Crippen molar-refractivity contribution >= 4 is 18.1 Å². The van der Waals surface area contributed by atoms with E-state index in [1.807, 2.05) is 51.1 Å². The first-order valence-electron chi connectivity index (χ1n) is 9.88. The zero-order valence-corrected chi connectivity index (χ0v) is 18.5. The van der Waals surface area contributed by atoms with Crippen LogP contribution in [0.3, 0.4) is 0 Å². The Kier molecular flexibility index (Phi) is 7.12. The van der Waals surface area contributed by atoms with Crippen molar-refractivity contribution in [3.05, 3.63) is 47.8 Å². The Morgan fingerprint density at radius 1 is 0.967 bits per heavy atom. The summed E-state index contributed by atoms with van der Waals surface area (Å²) in [5.41, 5.74) is -0.334. The molecule has 0 unspecified atom stereocenters. The summed E-state index contributed by atoms with van der Waals surface area (Å²) in [6.45, 7) is 11.2. The van der Waals surface area contributed by atoms with Gasteiger partial charge in [0.25, 0.3) is 5.91 Å². The van der Waals surface area contributed by atoms with Crippen LogP contribution in [0.5, 0.6) is 0 Å². The van der Waals surface area contributed by atoms with Gasteiger partial charge >= 0.3 is 12.2 Å². The fraction of sp³-hybridized carbons (Fsp3) is 0.500. The molecule has 30 heavy (non-hydrogen) atoms. The molecule has 1 N–H and O–H groups in total. The fourth-order valence-corrected chi connectivity index (χ4v) is 2.65. The number of nitrogens with one attached hydrogen (secondary N) is 1. The van der Waals surface area contributed by atoms with Crippen LogP contribution in [-0.2, 0) is 20.9 Å². The maximum absolute atomic E-state index is 12.8. The lowest BCUT2D eigenvalue weighted by Gasteiger charge is -2.34. The molecule has 1 aromatic rings. The third kappa shape index (κ3) is 7.09. The highest BCUT2D eigenvalue weighted by Crippen LogP contribution is 2.19. The Morgan fingerprint density at radius 2 is 1.60 bits per heavy atom. The average Bonchev–Trinajstić information content (AvgIpc) is 2.63. The summed E-state index contributed by atoms with van der Waals surface area (Å²) in [6, 6.07) is 9.27. The molecule has 1 aliphatic heterocycles. The first-order valence-corrected chi connectivity index (χ1v) is 9.88. The van der Waals surface area contributed by atoms with Crippen LogP contribution >= 0.6 is 0 Å². The second kappa shape index (κ2) is 9.19. The molecule has 1 aliphatic rings. The molecule has 0 aliphatic carbocycles. The molecule has 1 heterocycles. The molecule has 2 rings (SSSR count). The number of carbonyl (C=O) groups is 3. The summed E-state index contributed by atoms with van der Waals surface area (Å²) in [5, 5.41) is 2.82. The maximum atomic E-state index is 12.8. The lowest BCUT2D eigenvalue weighted by Crippen LogP contribution is -2.51. The van der Waals surface area contributed by atoms with Gasteiger partial charge in [-0.15, -0.1) is 0 Å². The molecule has 0 fully saturated rings. The van der Waals surface area contributed by atoms with Crippen LogP contribution in [0.1, 0.15) is 47.1 Å². The summed E-state index contributed by atoms with van der Waals surface area (Å²) in [7, 11) is 0. The van der Waals surface area contributed by atoms with Crippen LogP contribution in [0.4, 0.5) is 9.59 Å². The van der Waals surface area contributed by atoms with E-state index in [0.29, 0.717) is 0 Å². The molecular weight excluding hydrogens is 386 g/mol. The summed E-state index contributed by atoms with van der Waals surface area (Å²) >= 11 is 0. The summed E-state index contributed by atoms with van der Waals surface area (Å²) < 4.78 is 10.8. The highest BCUT2D eigenvalue weighted by Gasteiger charge is 2.34. The number of benzene rings is 1. The van der Waals surface area contributed by atoms with Gasteiger partial charge in [0.2, 0.25) is 0 Å². The molecule has 1 aromatic carbocycles. The van der Waals surface area contributed by atoms with Crippen molar-refractivity contribution in [1.29, 1.82) is 0 Å². The van der Waals surface area contributed by atoms with Crippen molar-refractivity contribution in [3.8, 4) is 0 Å². The smallest absolute Gasteiger partial charge is 0.414 e. The van der Waals surface area contributed by atoms with Crippen LogP contribution in [0.2, 0.25) is 0 Å². The molecule has 164 valence electrons. The van der Waals surface area contributed by atoms with Gasteiger partial charge in [-0.25, -0.2) is 9.59 Å². The molecule has 0 radical (unpaired) electrons. The van der Waals surface area contributed by atoms with E-state index >= 15 is 0 Å². The normalized spacial score (nSPS) is 14.7. The largest absolute Gasteiger partial charge is 0.444 e. The number of nitrogens with zero attached hydrogens (tertiary/aromatic N) is 2. The van der Waals surface area contributed by atoms with Crippen LogP contribution in [-0.4, -0.2) is 52.1 Å². The molecule has 0 spiro atoms. The summed E-state index contributed by atoms with van der Waals surface area (Å²) in [4.78, 5) is 40.5. The number of amides is 3.